The van der Waals surface area contributed by atoms with Crippen LogP contribution in [-0.4, -0.2) is 33.3 Å². The number of nitrogens with zero attached hydrogens (tertiary/aromatic N) is 3. The minimum absolute atomic E-state index is 0.0719. The summed E-state index contributed by atoms with van der Waals surface area (Å²) in [4.78, 5) is 19.1. The van der Waals surface area contributed by atoms with Gasteiger partial charge in [0.05, 0.1) is 5.69 Å². The number of hydrogen-bond acceptors (Lipinski definition) is 2. The lowest BCUT2D eigenvalue weighted by molar-refractivity contribution is 0.0761. The molecular formula is C16H19N3O. The summed E-state index contributed by atoms with van der Waals surface area (Å²) in [6.45, 7) is 7.54. The second kappa shape index (κ2) is 4.78. The lowest BCUT2D eigenvalue weighted by Gasteiger charge is -2.25. The second-order valence-corrected chi connectivity index (χ2v) is 5.53. The first kappa shape index (κ1) is 12.9. The summed E-state index contributed by atoms with van der Waals surface area (Å²) in [7, 11) is 0. The zero-order chi connectivity index (χ0) is 14.3. The Morgan fingerprint density at radius 3 is 2.80 bits per heavy atom. The molecule has 0 radical (unpaired) electrons. The number of fused-ring (bicyclic) bond motifs is 1. The molecule has 2 aromatic rings. The Kier molecular flexibility index (Phi) is 3.08. The van der Waals surface area contributed by atoms with Crippen LogP contribution in [0, 0.1) is 13.8 Å². The van der Waals surface area contributed by atoms with E-state index in [-0.39, 0.29) is 5.91 Å². The SMILES string of the molecule is CC1=CCN(C(=O)c2c(C)nc3cc(C)ccn23)CC1. The molecule has 3 rings (SSSR count). The van der Waals surface area contributed by atoms with E-state index in [0.29, 0.717) is 12.2 Å². The van der Waals surface area contributed by atoms with E-state index >= 15 is 0 Å². The molecule has 2 aromatic heterocycles. The topological polar surface area (TPSA) is 37.6 Å². The van der Waals surface area contributed by atoms with Crippen molar-refractivity contribution in [3.63, 3.8) is 0 Å². The number of carbonyl (C=O) groups is 1. The fraction of sp³-hybridized carbons (Fsp3) is 0.375. The molecule has 20 heavy (non-hydrogen) atoms. The van der Waals surface area contributed by atoms with Gasteiger partial charge in [0, 0.05) is 19.3 Å². The van der Waals surface area contributed by atoms with Crippen molar-refractivity contribution in [3.8, 4) is 0 Å². The maximum absolute atomic E-state index is 12.7. The van der Waals surface area contributed by atoms with Crippen molar-refractivity contribution in [3.05, 3.63) is 46.9 Å². The summed E-state index contributed by atoms with van der Waals surface area (Å²) in [5, 5.41) is 0. The van der Waals surface area contributed by atoms with Crippen LogP contribution in [0.1, 0.15) is 35.1 Å². The van der Waals surface area contributed by atoms with Crippen molar-refractivity contribution in [1.29, 1.82) is 0 Å². The molecule has 1 amide bonds. The third kappa shape index (κ3) is 2.11. The van der Waals surface area contributed by atoms with E-state index in [4.69, 9.17) is 0 Å². The van der Waals surface area contributed by atoms with Gasteiger partial charge >= 0.3 is 0 Å². The highest BCUT2D eigenvalue weighted by molar-refractivity contribution is 5.95. The average Bonchev–Trinajstić information content (AvgIpc) is 2.73. The first-order valence-corrected chi connectivity index (χ1v) is 6.96. The van der Waals surface area contributed by atoms with Gasteiger partial charge in [-0.1, -0.05) is 11.6 Å². The van der Waals surface area contributed by atoms with E-state index in [0.717, 1.165) is 29.9 Å². The first-order chi connectivity index (χ1) is 9.56. The van der Waals surface area contributed by atoms with Gasteiger partial charge in [-0.2, -0.15) is 0 Å². The molecule has 1 aliphatic heterocycles. The summed E-state index contributed by atoms with van der Waals surface area (Å²) in [5.41, 5.74) is 4.84. The van der Waals surface area contributed by atoms with Gasteiger partial charge in [-0.05, 0) is 44.9 Å². The van der Waals surface area contributed by atoms with Gasteiger partial charge in [-0.15, -0.1) is 0 Å². The van der Waals surface area contributed by atoms with Crippen LogP contribution in [0.3, 0.4) is 0 Å². The van der Waals surface area contributed by atoms with Gasteiger partial charge in [-0.3, -0.25) is 9.20 Å². The van der Waals surface area contributed by atoms with Crippen molar-refractivity contribution >= 4 is 11.6 Å². The van der Waals surface area contributed by atoms with Gasteiger partial charge < -0.3 is 4.90 Å². The summed E-state index contributed by atoms with van der Waals surface area (Å²) >= 11 is 0. The lowest BCUT2D eigenvalue weighted by atomic mass is 10.1. The predicted octanol–water partition coefficient (Wildman–Crippen LogP) is 2.74. The fourth-order valence-electron chi connectivity index (χ4n) is 2.63. The molecule has 0 spiro atoms. The molecule has 4 heteroatoms. The van der Waals surface area contributed by atoms with Crippen molar-refractivity contribution in [1.82, 2.24) is 14.3 Å². The van der Waals surface area contributed by atoms with E-state index in [1.165, 1.54) is 5.57 Å². The van der Waals surface area contributed by atoms with Crippen molar-refractivity contribution < 1.29 is 4.79 Å². The van der Waals surface area contributed by atoms with Gasteiger partial charge in [0.25, 0.3) is 5.91 Å². The van der Waals surface area contributed by atoms with Crippen LogP contribution in [0.4, 0.5) is 0 Å². The van der Waals surface area contributed by atoms with E-state index in [2.05, 4.69) is 18.0 Å². The molecule has 1 aliphatic rings. The highest BCUT2D eigenvalue weighted by atomic mass is 16.2. The molecular weight excluding hydrogens is 250 g/mol. The number of hydrogen-bond donors (Lipinski definition) is 0. The van der Waals surface area contributed by atoms with Gasteiger partial charge in [0.15, 0.2) is 0 Å². The van der Waals surface area contributed by atoms with Crippen LogP contribution in [0.5, 0.6) is 0 Å². The van der Waals surface area contributed by atoms with Crippen LogP contribution in [0.25, 0.3) is 5.65 Å². The molecule has 0 fully saturated rings. The van der Waals surface area contributed by atoms with Crippen LogP contribution in [0.15, 0.2) is 30.0 Å². The zero-order valence-corrected chi connectivity index (χ0v) is 12.2. The molecule has 0 bridgehead atoms. The lowest BCUT2D eigenvalue weighted by Crippen LogP contribution is -2.35. The third-order valence-corrected chi connectivity index (χ3v) is 3.88. The van der Waals surface area contributed by atoms with Crippen molar-refractivity contribution in [2.24, 2.45) is 0 Å². The Morgan fingerprint density at radius 1 is 1.30 bits per heavy atom. The first-order valence-electron chi connectivity index (χ1n) is 6.96. The zero-order valence-electron chi connectivity index (χ0n) is 12.2. The smallest absolute Gasteiger partial charge is 0.273 e. The monoisotopic (exact) mass is 269 g/mol. The van der Waals surface area contributed by atoms with Gasteiger partial charge in [0.1, 0.15) is 11.3 Å². The Labute approximate surface area is 118 Å². The van der Waals surface area contributed by atoms with Crippen LogP contribution in [0.2, 0.25) is 0 Å². The molecule has 104 valence electrons. The fourth-order valence-corrected chi connectivity index (χ4v) is 2.63. The number of aromatic nitrogens is 2. The van der Waals surface area contributed by atoms with Gasteiger partial charge in [0.2, 0.25) is 0 Å². The molecule has 0 N–H and O–H groups in total. The van der Waals surface area contributed by atoms with Crippen molar-refractivity contribution in [2.75, 3.05) is 13.1 Å². The number of amides is 1. The molecule has 0 unspecified atom stereocenters. The highest BCUT2D eigenvalue weighted by Gasteiger charge is 2.23. The Bertz CT molecular complexity index is 712. The predicted molar refractivity (Wildman–Crippen MR) is 78.9 cm³/mol. The summed E-state index contributed by atoms with van der Waals surface area (Å²) in [6, 6.07) is 4.01. The van der Waals surface area contributed by atoms with Crippen LogP contribution in [-0.2, 0) is 0 Å². The summed E-state index contributed by atoms with van der Waals surface area (Å²) in [5.74, 6) is 0.0719. The maximum Gasteiger partial charge on any atom is 0.273 e. The normalized spacial score (nSPS) is 15.6. The van der Waals surface area contributed by atoms with Crippen molar-refractivity contribution in [2.45, 2.75) is 27.2 Å². The number of pyridine rings is 1. The van der Waals surface area contributed by atoms with Crippen LogP contribution < -0.4 is 0 Å². The Balaban J connectivity index is 2.01. The quantitative estimate of drug-likeness (QED) is 0.747. The van der Waals surface area contributed by atoms with Gasteiger partial charge in [-0.25, -0.2) is 4.98 Å². The molecule has 0 saturated carbocycles. The standard InChI is InChI=1S/C16H19N3O/c1-11-4-7-18(8-5-11)16(20)15-13(3)17-14-10-12(2)6-9-19(14)15/h4,6,9-10H,5,7-8H2,1-3H3. The van der Waals surface area contributed by atoms with E-state index in [1.807, 2.05) is 41.5 Å². The molecule has 0 atom stereocenters. The number of rotatable bonds is 1. The summed E-state index contributed by atoms with van der Waals surface area (Å²) < 4.78 is 1.90. The molecule has 0 saturated heterocycles. The number of carbonyl (C=O) groups excluding carboxylic acids is 1. The third-order valence-electron chi connectivity index (χ3n) is 3.88. The second-order valence-electron chi connectivity index (χ2n) is 5.53. The summed E-state index contributed by atoms with van der Waals surface area (Å²) in [6.07, 6.45) is 5.02. The largest absolute Gasteiger partial charge is 0.333 e. The van der Waals surface area contributed by atoms with E-state index < -0.39 is 0 Å². The molecule has 3 heterocycles. The number of imidazole rings is 1. The number of aryl methyl sites for hydroxylation is 2. The molecule has 0 aliphatic carbocycles. The highest BCUT2D eigenvalue weighted by Crippen LogP contribution is 2.18. The Morgan fingerprint density at radius 2 is 2.10 bits per heavy atom. The minimum Gasteiger partial charge on any atom is -0.333 e. The minimum atomic E-state index is 0.0719. The molecule has 4 nitrogen and oxygen atoms in total. The van der Waals surface area contributed by atoms with E-state index in [9.17, 15) is 4.79 Å². The average molecular weight is 269 g/mol. The van der Waals surface area contributed by atoms with Crippen LogP contribution >= 0.6 is 0 Å². The van der Waals surface area contributed by atoms with E-state index in [1.54, 1.807) is 0 Å². The molecule has 0 aromatic carbocycles. The maximum atomic E-state index is 12.7. The Hall–Kier alpha value is -2.10.